The topological polar surface area (TPSA) is 59.4 Å². The van der Waals surface area contributed by atoms with E-state index in [1.54, 1.807) is 6.20 Å². The van der Waals surface area contributed by atoms with Crippen LogP contribution in [0.3, 0.4) is 0 Å². The molecule has 1 atom stereocenters. The Morgan fingerprint density at radius 2 is 2.12 bits per heavy atom. The van der Waals surface area contributed by atoms with Crippen LogP contribution in [0.1, 0.15) is 25.1 Å². The Morgan fingerprint density at radius 3 is 2.50 bits per heavy atom. The summed E-state index contributed by atoms with van der Waals surface area (Å²) >= 11 is 0. The van der Waals surface area contributed by atoms with Crippen molar-refractivity contribution >= 4 is 5.97 Å². The highest BCUT2D eigenvalue weighted by Gasteiger charge is 2.38. The first-order valence-electron chi connectivity index (χ1n) is 5.08. The molecule has 1 unspecified atom stereocenters. The van der Waals surface area contributed by atoms with E-state index >= 15 is 0 Å². The van der Waals surface area contributed by atoms with Crippen LogP contribution in [0.2, 0.25) is 0 Å². The Bertz CT molecular complexity index is 370. The fourth-order valence-corrected chi connectivity index (χ4v) is 1.69. The molecule has 0 fully saturated rings. The predicted molar refractivity (Wildman–Crippen MR) is 60.4 cm³/mol. The Hall–Kier alpha value is -1.42. The zero-order valence-corrected chi connectivity index (χ0v) is 10.0. The molecule has 1 heterocycles. The van der Waals surface area contributed by atoms with E-state index in [-0.39, 0.29) is 0 Å². The van der Waals surface area contributed by atoms with Crippen molar-refractivity contribution in [3.05, 3.63) is 29.6 Å². The largest absolute Gasteiger partial charge is 0.479 e. The van der Waals surface area contributed by atoms with Crippen LogP contribution in [0.25, 0.3) is 0 Å². The van der Waals surface area contributed by atoms with E-state index in [1.807, 2.05) is 32.9 Å². The molecule has 0 bridgehead atoms. The second kappa shape index (κ2) is 4.61. The lowest BCUT2D eigenvalue weighted by molar-refractivity contribution is -0.152. The Morgan fingerprint density at radius 1 is 1.50 bits per heavy atom. The molecule has 1 aromatic heterocycles. The summed E-state index contributed by atoms with van der Waals surface area (Å²) in [5, 5.41) is 9.07. The summed E-state index contributed by atoms with van der Waals surface area (Å²) < 4.78 is 5.02. The van der Waals surface area contributed by atoms with Gasteiger partial charge in [0.05, 0.1) is 0 Å². The summed E-state index contributed by atoms with van der Waals surface area (Å²) in [4.78, 5) is 15.3. The molecular formula is C12H17NO3. The molecule has 16 heavy (non-hydrogen) atoms. The quantitative estimate of drug-likeness (QED) is 0.845. The molecule has 0 aliphatic rings. The van der Waals surface area contributed by atoms with Crippen molar-refractivity contribution in [3.63, 3.8) is 0 Å². The smallest absolute Gasteiger partial charge is 0.333 e. The number of carboxylic acids is 1. The van der Waals surface area contributed by atoms with E-state index in [2.05, 4.69) is 4.98 Å². The number of nitrogens with zero attached hydrogens (tertiary/aromatic N) is 1. The number of rotatable bonds is 4. The van der Waals surface area contributed by atoms with Gasteiger partial charge >= 0.3 is 5.97 Å². The Balaban J connectivity index is 3.08. The van der Waals surface area contributed by atoms with Gasteiger partial charge in [0.15, 0.2) is 6.10 Å². The first-order valence-corrected chi connectivity index (χ1v) is 5.08. The summed E-state index contributed by atoms with van der Waals surface area (Å²) in [5.74, 6) is -0.977. The van der Waals surface area contributed by atoms with E-state index < -0.39 is 17.5 Å². The molecule has 0 spiro atoms. The number of hydrogen-bond acceptors (Lipinski definition) is 3. The number of ether oxygens (including phenoxy) is 1. The standard InChI is InChI=1S/C12H17NO3/c1-8-5-6-9(13-7-8)12(2,3)10(16-4)11(14)15/h5-7,10H,1-4H3,(H,14,15). The van der Waals surface area contributed by atoms with Crippen LogP contribution in [0.4, 0.5) is 0 Å². The zero-order valence-electron chi connectivity index (χ0n) is 10.0. The maximum Gasteiger partial charge on any atom is 0.333 e. The van der Waals surface area contributed by atoms with Gasteiger partial charge in [0.1, 0.15) is 0 Å². The lowest BCUT2D eigenvalue weighted by Gasteiger charge is -2.29. The van der Waals surface area contributed by atoms with Gasteiger partial charge in [-0.2, -0.15) is 0 Å². The second-order valence-electron chi connectivity index (χ2n) is 4.40. The van der Waals surface area contributed by atoms with Crippen LogP contribution in [-0.4, -0.2) is 29.3 Å². The average molecular weight is 223 g/mol. The maximum atomic E-state index is 11.1. The lowest BCUT2D eigenvalue weighted by Crippen LogP contribution is -2.42. The summed E-state index contributed by atoms with van der Waals surface area (Å²) in [6.45, 7) is 5.56. The van der Waals surface area contributed by atoms with E-state index in [0.29, 0.717) is 5.69 Å². The molecule has 4 nitrogen and oxygen atoms in total. The minimum atomic E-state index is -0.977. The highest BCUT2D eigenvalue weighted by molar-refractivity contribution is 5.74. The maximum absolute atomic E-state index is 11.1. The van der Waals surface area contributed by atoms with Crippen LogP contribution >= 0.6 is 0 Å². The number of aromatic nitrogens is 1. The molecule has 0 aromatic carbocycles. The first kappa shape index (κ1) is 12.6. The van der Waals surface area contributed by atoms with E-state index in [9.17, 15) is 4.79 Å². The van der Waals surface area contributed by atoms with Gasteiger partial charge in [-0.1, -0.05) is 19.9 Å². The van der Waals surface area contributed by atoms with Crippen molar-refractivity contribution in [2.45, 2.75) is 32.3 Å². The van der Waals surface area contributed by atoms with Crippen LogP contribution in [-0.2, 0) is 14.9 Å². The molecule has 0 saturated heterocycles. The van der Waals surface area contributed by atoms with Crippen LogP contribution in [0.5, 0.6) is 0 Å². The lowest BCUT2D eigenvalue weighted by atomic mass is 9.82. The number of methoxy groups -OCH3 is 1. The van der Waals surface area contributed by atoms with Gasteiger partial charge in [-0.3, -0.25) is 4.98 Å². The molecule has 88 valence electrons. The van der Waals surface area contributed by atoms with Crippen LogP contribution < -0.4 is 0 Å². The van der Waals surface area contributed by atoms with Gasteiger partial charge in [-0.15, -0.1) is 0 Å². The van der Waals surface area contributed by atoms with Crippen molar-refractivity contribution in [3.8, 4) is 0 Å². The van der Waals surface area contributed by atoms with Crippen molar-refractivity contribution in [2.75, 3.05) is 7.11 Å². The number of pyridine rings is 1. The SMILES string of the molecule is COC(C(=O)O)C(C)(C)c1ccc(C)cn1. The molecule has 0 amide bonds. The normalized spacial score (nSPS) is 13.5. The minimum absolute atomic E-state index is 0.658. The van der Waals surface area contributed by atoms with Gasteiger partial charge in [-0.25, -0.2) is 4.79 Å². The van der Waals surface area contributed by atoms with Gasteiger partial charge in [0, 0.05) is 24.4 Å². The van der Waals surface area contributed by atoms with Crippen molar-refractivity contribution in [1.82, 2.24) is 4.98 Å². The molecule has 0 radical (unpaired) electrons. The number of aliphatic carboxylic acids is 1. The fraction of sp³-hybridized carbons (Fsp3) is 0.500. The highest BCUT2D eigenvalue weighted by Crippen LogP contribution is 2.27. The van der Waals surface area contributed by atoms with E-state index in [1.165, 1.54) is 7.11 Å². The molecule has 0 aliphatic carbocycles. The summed E-state index contributed by atoms with van der Waals surface area (Å²) in [5.41, 5.74) is 1.10. The van der Waals surface area contributed by atoms with Crippen LogP contribution in [0.15, 0.2) is 18.3 Å². The highest BCUT2D eigenvalue weighted by atomic mass is 16.5. The van der Waals surface area contributed by atoms with Gasteiger partial charge in [0.25, 0.3) is 0 Å². The van der Waals surface area contributed by atoms with Crippen molar-refractivity contribution in [2.24, 2.45) is 0 Å². The van der Waals surface area contributed by atoms with E-state index in [4.69, 9.17) is 9.84 Å². The van der Waals surface area contributed by atoms with E-state index in [0.717, 1.165) is 5.56 Å². The average Bonchev–Trinajstić information content (AvgIpc) is 2.18. The molecule has 0 aliphatic heterocycles. The summed E-state index contributed by atoms with van der Waals surface area (Å²) in [7, 11) is 1.40. The van der Waals surface area contributed by atoms with Gasteiger partial charge in [0.2, 0.25) is 0 Å². The minimum Gasteiger partial charge on any atom is -0.479 e. The molecule has 4 heteroatoms. The first-order chi connectivity index (χ1) is 7.39. The number of aryl methyl sites for hydroxylation is 1. The fourth-order valence-electron chi connectivity index (χ4n) is 1.69. The molecule has 1 aromatic rings. The third-order valence-corrected chi connectivity index (χ3v) is 2.69. The van der Waals surface area contributed by atoms with Crippen molar-refractivity contribution in [1.29, 1.82) is 0 Å². The third-order valence-electron chi connectivity index (χ3n) is 2.69. The monoisotopic (exact) mass is 223 g/mol. The number of carboxylic acid groups (broad SMARTS) is 1. The molecular weight excluding hydrogens is 206 g/mol. The van der Waals surface area contributed by atoms with Crippen molar-refractivity contribution < 1.29 is 14.6 Å². The predicted octanol–water partition coefficient (Wildman–Crippen LogP) is 1.77. The molecule has 1 rings (SSSR count). The number of hydrogen-bond donors (Lipinski definition) is 1. The summed E-state index contributed by atoms with van der Waals surface area (Å²) in [6.07, 6.45) is 0.828. The zero-order chi connectivity index (χ0) is 12.3. The molecule has 1 N–H and O–H groups in total. The Kier molecular flexibility index (Phi) is 3.65. The third kappa shape index (κ3) is 2.39. The van der Waals surface area contributed by atoms with Gasteiger partial charge < -0.3 is 9.84 Å². The van der Waals surface area contributed by atoms with Gasteiger partial charge in [-0.05, 0) is 18.6 Å². The number of carbonyl (C=O) groups is 1. The Labute approximate surface area is 95.3 Å². The summed E-state index contributed by atoms with van der Waals surface area (Å²) in [6, 6.07) is 3.75. The van der Waals surface area contributed by atoms with Crippen LogP contribution in [0, 0.1) is 6.92 Å². The molecule has 0 saturated carbocycles. The second-order valence-corrected chi connectivity index (χ2v) is 4.40.